The third-order valence-electron chi connectivity index (χ3n) is 0.974. The first kappa shape index (κ1) is 7.80. The summed E-state index contributed by atoms with van der Waals surface area (Å²) in [6.45, 7) is 5.27. The maximum Gasteiger partial charge on any atom is 0.512 e. The number of hydrogen-bond donors (Lipinski definition) is 1. The van der Waals surface area contributed by atoms with Crippen molar-refractivity contribution in [2.75, 3.05) is 0 Å². The predicted molar refractivity (Wildman–Crippen MR) is 34.1 cm³/mol. The Kier molecular flexibility index (Phi) is 3.67. The fourth-order valence-corrected chi connectivity index (χ4v) is 0.906. The molecule has 3 heteroatoms. The Balaban J connectivity index is 3.69. The second-order valence-corrected chi connectivity index (χ2v) is 2.78. The van der Waals surface area contributed by atoms with E-state index in [0.717, 1.165) is 0 Å². The van der Waals surface area contributed by atoms with Crippen LogP contribution in [0.15, 0.2) is 12.7 Å². The van der Waals surface area contributed by atoms with Gasteiger partial charge >= 0.3 is 8.03 Å². The fourth-order valence-electron chi connectivity index (χ4n) is 0.413. The van der Waals surface area contributed by atoms with Gasteiger partial charge in [0, 0.05) is 0 Å². The predicted octanol–water partition coefficient (Wildman–Crippen LogP) is 1.69. The van der Waals surface area contributed by atoms with Crippen molar-refractivity contribution in [3.8, 4) is 0 Å². The van der Waals surface area contributed by atoms with Crippen LogP contribution in [0.25, 0.3) is 0 Å². The van der Waals surface area contributed by atoms with Gasteiger partial charge in [0.05, 0.1) is 0 Å². The van der Waals surface area contributed by atoms with Crippen molar-refractivity contribution < 1.29 is 9.46 Å². The first-order chi connectivity index (χ1) is 3.72. The molecule has 0 rings (SSSR count). The molecule has 0 fully saturated rings. The third-order valence-corrected chi connectivity index (χ3v) is 2.12. The summed E-state index contributed by atoms with van der Waals surface area (Å²) in [6.07, 6.45) is 2.20. The Bertz CT molecular complexity index is 101. The van der Waals surface area contributed by atoms with Crippen molar-refractivity contribution in [1.82, 2.24) is 0 Å². The normalized spacial score (nSPS) is 15.0. The second-order valence-electron chi connectivity index (χ2n) is 1.51. The largest absolute Gasteiger partial charge is 0.512 e. The van der Waals surface area contributed by atoms with Gasteiger partial charge in [-0.25, -0.2) is 0 Å². The Hall–Kier alpha value is -0.200. The van der Waals surface area contributed by atoms with Crippen molar-refractivity contribution in [3.05, 3.63) is 12.7 Å². The molecule has 46 valence electrons. The number of allylic oxidation sites excluding steroid dienone is 1. The summed E-state index contributed by atoms with van der Waals surface area (Å²) >= 11 is 0. The SMILES string of the molecule is C=CC(CC)[P+](=O)O. The highest BCUT2D eigenvalue weighted by Crippen LogP contribution is 2.25. The van der Waals surface area contributed by atoms with Crippen molar-refractivity contribution in [2.45, 2.75) is 19.0 Å². The highest BCUT2D eigenvalue weighted by molar-refractivity contribution is 7.39. The molecular formula is C5H10O2P+. The first-order valence-corrected chi connectivity index (χ1v) is 3.78. The van der Waals surface area contributed by atoms with Gasteiger partial charge in [-0.2, -0.15) is 4.89 Å². The highest BCUT2D eigenvalue weighted by Gasteiger charge is 2.21. The van der Waals surface area contributed by atoms with E-state index in [1.807, 2.05) is 6.92 Å². The monoisotopic (exact) mass is 133 g/mol. The van der Waals surface area contributed by atoms with Crippen molar-refractivity contribution >= 4 is 8.03 Å². The van der Waals surface area contributed by atoms with Crippen molar-refractivity contribution in [3.63, 3.8) is 0 Å². The molecule has 1 N–H and O–H groups in total. The van der Waals surface area contributed by atoms with Crippen LogP contribution >= 0.6 is 8.03 Å². The minimum Gasteiger partial charge on any atom is -0.160 e. The minimum atomic E-state index is -2.03. The number of rotatable bonds is 3. The third kappa shape index (κ3) is 2.20. The zero-order chi connectivity index (χ0) is 6.57. The lowest BCUT2D eigenvalue weighted by Crippen LogP contribution is -1.92. The molecule has 0 aromatic rings. The molecule has 0 aromatic heterocycles. The van der Waals surface area contributed by atoms with Crippen LogP contribution in [0.2, 0.25) is 0 Å². The van der Waals surface area contributed by atoms with Gasteiger partial charge in [0.25, 0.3) is 0 Å². The molecule has 0 saturated heterocycles. The summed E-state index contributed by atoms with van der Waals surface area (Å²) in [7, 11) is -2.03. The maximum atomic E-state index is 10.2. The van der Waals surface area contributed by atoms with Gasteiger partial charge in [-0.05, 0) is 17.1 Å². The lowest BCUT2D eigenvalue weighted by Gasteiger charge is -1.86. The summed E-state index contributed by atoms with van der Waals surface area (Å²) in [5, 5.41) is 0. The Morgan fingerprint density at radius 1 is 2.00 bits per heavy atom. The van der Waals surface area contributed by atoms with E-state index in [4.69, 9.17) is 4.89 Å². The van der Waals surface area contributed by atoms with E-state index >= 15 is 0 Å². The lowest BCUT2D eigenvalue weighted by atomic mass is 10.3. The van der Waals surface area contributed by atoms with Crippen LogP contribution in [-0.2, 0) is 4.57 Å². The van der Waals surface area contributed by atoms with Crippen LogP contribution in [0.5, 0.6) is 0 Å². The molecule has 8 heavy (non-hydrogen) atoms. The smallest absolute Gasteiger partial charge is 0.160 e. The summed E-state index contributed by atoms with van der Waals surface area (Å²) in [6, 6.07) is 0. The molecule has 0 aromatic carbocycles. The van der Waals surface area contributed by atoms with E-state index < -0.39 is 8.03 Å². The molecule has 2 atom stereocenters. The van der Waals surface area contributed by atoms with E-state index in [9.17, 15) is 4.57 Å². The standard InChI is InChI=1S/C5H9O2P/c1-3-5(4-2)8(6)7/h3,5H,1,4H2,2H3/p+1. The molecule has 0 aliphatic carbocycles. The molecule has 0 spiro atoms. The van der Waals surface area contributed by atoms with Crippen molar-refractivity contribution in [2.24, 2.45) is 0 Å². The molecule has 0 heterocycles. The number of hydrogen-bond acceptors (Lipinski definition) is 1. The molecule has 2 nitrogen and oxygen atoms in total. The van der Waals surface area contributed by atoms with Crippen LogP contribution in [-0.4, -0.2) is 10.6 Å². The van der Waals surface area contributed by atoms with Crippen LogP contribution < -0.4 is 0 Å². The van der Waals surface area contributed by atoms with Crippen LogP contribution in [0.1, 0.15) is 13.3 Å². The van der Waals surface area contributed by atoms with E-state index in [1.54, 1.807) is 0 Å². The summed E-state index contributed by atoms with van der Waals surface area (Å²) in [5.41, 5.74) is -0.218. The Labute approximate surface area is 50.1 Å². The van der Waals surface area contributed by atoms with Gasteiger partial charge in [0.1, 0.15) is 0 Å². The molecule has 0 radical (unpaired) electrons. The Morgan fingerprint density at radius 2 is 2.50 bits per heavy atom. The van der Waals surface area contributed by atoms with Gasteiger partial charge in [-0.1, -0.05) is 13.5 Å². The molecule has 0 bridgehead atoms. The second kappa shape index (κ2) is 3.76. The van der Waals surface area contributed by atoms with Crippen LogP contribution in [0.3, 0.4) is 0 Å². The maximum absolute atomic E-state index is 10.2. The van der Waals surface area contributed by atoms with Gasteiger partial charge < -0.3 is 0 Å². The van der Waals surface area contributed by atoms with Gasteiger partial charge in [-0.3, -0.25) is 0 Å². The zero-order valence-electron chi connectivity index (χ0n) is 4.87. The molecule has 0 aliphatic heterocycles. The quantitative estimate of drug-likeness (QED) is 0.469. The molecule has 2 unspecified atom stereocenters. The highest BCUT2D eigenvalue weighted by atomic mass is 31.1. The topological polar surface area (TPSA) is 37.3 Å². The fraction of sp³-hybridized carbons (Fsp3) is 0.600. The Morgan fingerprint density at radius 3 is 2.50 bits per heavy atom. The molecule has 0 saturated carbocycles. The van der Waals surface area contributed by atoms with E-state index in [-0.39, 0.29) is 5.66 Å². The average Bonchev–Trinajstić information content (AvgIpc) is 1.69. The molecule has 0 amide bonds. The van der Waals surface area contributed by atoms with Crippen molar-refractivity contribution in [1.29, 1.82) is 0 Å². The summed E-state index contributed by atoms with van der Waals surface area (Å²) in [4.78, 5) is 8.45. The van der Waals surface area contributed by atoms with Crippen LogP contribution in [0, 0.1) is 0 Å². The van der Waals surface area contributed by atoms with E-state index in [1.165, 1.54) is 6.08 Å². The lowest BCUT2D eigenvalue weighted by molar-refractivity contribution is 0.494. The van der Waals surface area contributed by atoms with E-state index in [2.05, 4.69) is 6.58 Å². The zero-order valence-corrected chi connectivity index (χ0v) is 5.77. The van der Waals surface area contributed by atoms with Gasteiger partial charge in [-0.15, -0.1) is 0 Å². The summed E-state index contributed by atoms with van der Waals surface area (Å²) in [5.74, 6) is 0. The minimum absolute atomic E-state index is 0.218. The first-order valence-electron chi connectivity index (χ1n) is 2.50. The molecular weight excluding hydrogens is 123 g/mol. The van der Waals surface area contributed by atoms with Crippen LogP contribution in [0.4, 0.5) is 0 Å². The average molecular weight is 133 g/mol. The van der Waals surface area contributed by atoms with Gasteiger partial charge in [0.15, 0.2) is 0 Å². The van der Waals surface area contributed by atoms with E-state index in [0.29, 0.717) is 6.42 Å². The summed E-state index contributed by atoms with van der Waals surface area (Å²) < 4.78 is 10.2. The molecule has 0 aliphatic rings. The van der Waals surface area contributed by atoms with Gasteiger partial charge in [0.2, 0.25) is 5.66 Å².